The van der Waals surface area contributed by atoms with Crippen LogP contribution in [0.2, 0.25) is 0 Å². The second-order valence-electron chi connectivity index (χ2n) is 5.08. The van der Waals surface area contributed by atoms with Crippen LogP contribution in [0.4, 0.5) is 4.39 Å². The first-order chi connectivity index (χ1) is 12.1. The van der Waals surface area contributed by atoms with Gasteiger partial charge in [0.25, 0.3) is 5.91 Å². The van der Waals surface area contributed by atoms with Crippen LogP contribution in [0, 0.1) is 5.82 Å². The van der Waals surface area contributed by atoms with Crippen LogP contribution in [0.1, 0.15) is 22.3 Å². The van der Waals surface area contributed by atoms with Crippen molar-refractivity contribution in [3.63, 3.8) is 0 Å². The minimum Gasteiger partial charge on any atom is -0.497 e. The quantitative estimate of drug-likeness (QED) is 0.597. The van der Waals surface area contributed by atoms with Crippen molar-refractivity contribution in [1.29, 1.82) is 0 Å². The highest BCUT2D eigenvalue weighted by Crippen LogP contribution is 2.10. The van der Waals surface area contributed by atoms with Crippen LogP contribution in [0.3, 0.4) is 0 Å². The molecule has 25 heavy (non-hydrogen) atoms. The zero-order chi connectivity index (χ0) is 18.1. The van der Waals surface area contributed by atoms with Crippen LogP contribution in [-0.4, -0.2) is 31.7 Å². The number of methoxy groups -OCH3 is 1. The van der Waals surface area contributed by atoms with Crippen molar-refractivity contribution in [1.82, 2.24) is 10.7 Å². The van der Waals surface area contributed by atoms with E-state index in [4.69, 9.17) is 4.74 Å². The maximum absolute atomic E-state index is 12.7. The summed E-state index contributed by atoms with van der Waals surface area (Å²) in [6, 6.07) is 12.3. The van der Waals surface area contributed by atoms with E-state index in [0.717, 1.165) is 0 Å². The fourth-order valence-corrected chi connectivity index (χ4v) is 1.92. The molecule has 0 aromatic heterocycles. The van der Waals surface area contributed by atoms with Crippen molar-refractivity contribution in [2.24, 2.45) is 5.10 Å². The fourth-order valence-electron chi connectivity index (χ4n) is 1.92. The number of carbonyl (C=O) groups excluding carboxylic acids is 2. The van der Waals surface area contributed by atoms with E-state index < -0.39 is 0 Å². The Hall–Kier alpha value is -3.22. The Morgan fingerprint density at radius 3 is 2.44 bits per heavy atom. The van der Waals surface area contributed by atoms with E-state index in [1.54, 1.807) is 43.5 Å². The molecule has 0 saturated carbocycles. The average Bonchev–Trinajstić information content (AvgIpc) is 2.63. The number of nitrogens with zero attached hydrogens (tertiary/aromatic N) is 1. The van der Waals surface area contributed by atoms with Gasteiger partial charge >= 0.3 is 0 Å². The number of carbonyl (C=O) groups is 2. The first kappa shape index (κ1) is 18.1. The summed E-state index contributed by atoms with van der Waals surface area (Å²) in [5, 5.41) is 6.42. The van der Waals surface area contributed by atoms with Gasteiger partial charge in [-0.3, -0.25) is 9.59 Å². The SMILES string of the molecule is COc1ccc(C(=O)NCCC(=O)NN=Cc2ccc(F)cc2)cc1. The molecule has 2 N–H and O–H groups in total. The van der Waals surface area contributed by atoms with Crippen molar-refractivity contribution in [2.75, 3.05) is 13.7 Å². The molecule has 0 spiro atoms. The lowest BCUT2D eigenvalue weighted by Gasteiger charge is -2.05. The Kier molecular flexibility index (Phi) is 6.65. The second-order valence-corrected chi connectivity index (χ2v) is 5.08. The molecule has 0 atom stereocenters. The molecule has 0 aliphatic rings. The molecule has 2 amide bonds. The number of rotatable bonds is 7. The van der Waals surface area contributed by atoms with E-state index in [1.165, 1.54) is 18.3 Å². The largest absolute Gasteiger partial charge is 0.497 e. The van der Waals surface area contributed by atoms with Crippen molar-refractivity contribution in [3.05, 3.63) is 65.5 Å². The Balaban J connectivity index is 1.70. The molecule has 6 nitrogen and oxygen atoms in total. The number of halogens is 1. The summed E-state index contributed by atoms with van der Waals surface area (Å²) in [5.74, 6) is -0.289. The Labute approximate surface area is 144 Å². The lowest BCUT2D eigenvalue weighted by molar-refractivity contribution is -0.120. The summed E-state index contributed by atoms with van der Waals surface area (Å²) >= 11 is 0. The number of ether oxygens (including phenoxy) is 1. The predicted molar refractivity (Wildman–Crippen MR) is 92.1 cm³/mol. The molecule has 2 aromatic carbocycles. The molecule has 0 fully saturated rings. The minimum absolute atomic E-state index is 0.0860. The van der Waals surface area contributed by atoms with E-state index in [9.17, 15) is 14.0 Å². The van der Waals surface area contributed by atoms with Crippen molar-refractivity contribution < 1.29 is 18.7 Å². The summed E-state index contributed by atoms with van der Waals surface area (Å²) in [6.45, 7) is 0.183. The third-order valence-corrected chi connectivity index (χ3v) is 3.26. The van der Waals surface area contributed by atoms with Gasteiger partial charge in [-0.25, -0.2) is 9.82 Å². The fraction of sp³-hybridized carbons (Fsp3) is 0.167. The van der Waals surface area contributed by atoms with Crippen LogP contribution < -0.4 is 15.5 Å². The minimum atomic E-state index is -0.339. The summed E-state index contributed by atoms with van der Waals surface area (Å²) in [7, 11) is 1.55. The molecule has 0 aliphatic carbocycles. The Morgan fingerprint density at radius 1 is 1.12 bits per heavy atom. The number of nitrogens with one attached hydrogen (secondary N) is 2. The zero-order valence-electron chi connectivity index (χ0n) is 13.7. The molecule has 0 bridgehead atoms. The van der Waals surface area contributed by atoms with Gasteiger partial charge in [0.05, 0.1) is 13.3 Å². The maximum Gasteiger partial charge on any atom is 0.251 e. The highest BCUT2D eigenvalue weighted by molar-refractivity contribution is 5.94. The zero-order valence-corrected chi connectivity index (χ0v) is 13.7. The van der Waals surface area contributed by atoms with Crippen molar-refractivity contribution in [3.8, 4) is 5.75 Å². The molecule has 130 valence electrons. The van der Waals surface area contributed by atoms with Gasteiger partial charge in [-0.15, -0.1) is 0 Å². The smallest absolute Gasteiger partial charge is 0.251 e. The lowest BCUT2D eigenvalue weighted by Crippen LogP contribution is -2.29. The number of benzene rings is 2. The summed E-state index contributed by atoms with van der Waals surface area (Å²) in [5.41, 5.74) is 3.49. The second kappa shape index (κ2) is 9.17. The third-order valence-electron chi connectivity index (χ3n) is 3.26. The number of hydrogen-bond acceptors (Lipinski definition) is 4. The van der Waals surface area contributed by atoms with Gasteiger partial charge < -0.3 is 10.1 Å². The molecule has 2 aromatic rings. The van der Waals surface area contributed by atoms with Crippen molar-refractivity contribution in [2.45, 2.75) is 6.42 Å². The van der Waals surface area contributed by atoms with E-state index in [2.05, 4.69) is 15.8 Å². The van der Waals surface area contributed by atoms with E-state index >= 15 is 0 Å². The summed E-state index contributed by atoms with van der Waals surface area (Å²) < 4.78 is 17.8. The van der Waals surface area contributed by atoms with Crippen LogP contribution >= 0.6 is 0 Å². The summed E-state index contributed by atoms with van der Waals surface area (Å²) in [4.78, 5) is 23.5. The molecule has 0 saturated heterocycles. The van der Waals surface area contributed by atoms with Crippen LogP contribution in [-0.2, 0) is 4.79 Å². The molecule has 0 unspecified atom stereocenters. The Morgan fingerprint density at radius 2 is 1.80 bits per heavy atom. The molecule has 0 aliphatic heterocycles. The van der Waals surface area contributed by atoms with Crippen LogP contribution in [0.25, 0.3) is 0 Å². The molecule has 7 heteroatoms. The predicted octanol–water partition coefficient (Wildman–Crippen LogP) is 2.10. The van der Waals surface area contributed by atoms with Gasteiger partial charge in [0.1, 0.15) is 11.6 Å². The van der Waals surface area contributed by atoms with Crippen LogP contribution in [0.5, 0.6) is 5.75 Å². The van der Waals surface area contributed by atoms with E-state index in [-0.39, 0.29) is 30.6 Å². The maximum atomic E-state index is 12.7. The van der Waals surface area contributed by atoms with Crippen molar-refractivity contribution >= 4 is 18.0 Å². The monoisotopic (exact) mass is 343 g/mol. The van der Waals surface area contributed by atoms with Gasteiger partial charge in [-0.1, -0.05) is 12.1 Å². The standard InChI is InChI=1S/C18H18FN3O3/c1-25-16-8-4-14(5-9-16)18(24)20-11-10-17(23)22-21-12-13-2-6-15(19)7-3-13/h2-9,12H,10-11H2,1H3,(H,20,24)(H,22,23). The molecule has 0 radical (unpaired) electrons. The number of amides is 2. The molecular weight excluding hydrogens is 325 g/mol. The lowest BCUT2D eigenvalue weighted by atomic mass is 10.2. The van der Waals surface area contributed by atoms with Gasteiger partial charge in [-0.2, -0.15) is 5.10 Å². The topological polar surface area (TPSA) is 79.8 Å². The summed E-state index contributed by atoms with van der Waals surface area (Å²) in [6.07, 6.45) is 1.50. The molecule has 2 rings (SSSR count). The average molecular weight is 343 g/mol. The van der Waals surface area contributed by atoms with E-state index in [1.807, 2.05) is 0 Å². The van der Waals surface area contributed by atoms with Gasteiger partial charge in [0.2, 0.25) is 5.91 Å². The van der Waals surface area contributed by atoms with E-state index in [0.29, 0.717) is 16.9 Å². The Bertz CT molecular complexity index is 743. The highest BCUT2D eigenvalue weighted by Gasteiger charge is 2.06. The van der Waals surface area contributed by atoms with Crippen LogP contribution in [0.15, 0.2) is 53.6 Å². The first-order valence-corrected chi connectivity index (χ1v) is 7.58. The highest BCUT2D eigenvalue weighted by atomic mass is 19.1. The van der Waals surface area contributed by atoms with Gasteiger partial charge in [0.15, 0.2) is 0 Å². The number of hydrazone groups is 1. The molecular formula is C18H18FN3O3. The first-order valence-electron chi connectivity index (χ1n) is 7.58. The third kappa shape index (κ3) is 6.06. The number of hydrogen-bond donors (Lipinski definition) is 2. The normalized spacial score (nSPS) is 10.5. The van der Waals surface area contributed by atoms with Gasteiger partial charge in [0, 0.05) is 18.5 Å². The molecule has 0 heterocycles. The van der Waals surface area contributed by atoms with Gasteiger partial charge in [-0.05, 0) is 42.0 Å².